The molecule has 19 heavy (non-hydrogen) atoms. The van der Waals surface area contributed by atoms with Gasteiger partial charge in [0.05, 0.1) is 0 Å². The number of oxime groups is 1. The number of carbonyl (C=O) groups is 2. The Hall–Kier alpha value is -2.16. The monoisotopic (exact) mass is 287 g/mol. The van der Waals surface area contributed by atoms with Gasteiger partial charge in [-0.15, -0.1) is 11.3 Å². The lowest BCUT2D eigenvalue weighted by atomic mass is 10.2. The van der Waals surface area contributed by atoms with E-state index in [1.165, 1.54) is 5.38 Å². The van der Waals surface area contributed by atoms with Gasteiger partial charge in [0.2, 0.25) is 5.71 Å². The smallest absolute Gasteiger partial charge is 0.476 e. The molecule has 0 amide bonds. The fourth-order valence-electron chi connectivity index (χ4n) is 0.943. The highest BCUT2D eigenvalue weighted by Gasteiger charge is 2.21. The third kappa shape index (κ3) is 4.92. The summed E-state index contributed by atoms with van der Waals surface area (Å²) >= 11 is 1.05. The van der Waals surface area contributed by atoms with Crippen LogP contribution >= 0.6 is 11.3 Å². The number of nitrogens with two attached hydrogens (primary N) is 1. The molecule has 0 atom stereocenters. The van der Waals surface area contributed by atoms with Crippen molar-refractivity contribution < 1.29 is 24.3 Å². The average Bonchev–Trinajstić information content (AvgIpc) is 2.61. The molecule has 0 aliphatic heterocycles. The lowest BCUT2D eigenvalue weighted by Crippen LogP contribution is -2.24. The van der Waals surface area contributed by atoms with E-state index in [1.54, 1.807) is 20.8 Å². The predicted octanol–water partition coefficient (Wildman–Crippen LogP) is 1.47. The third-order valence-electron chi connectivity index (χ3n) is 1.57. The van der Waals surface area contributed by atoms with E-state index in [1.807, 2.05) is 0 Å². The second-order valence-corrected chi connectivity index (χ2v) is 5.26. The fraction of sp³-hybridized carbons (Fsp3) is 0.400. The summed E-state index contributed by atoms with van der Waals surface area (Å²) in [4.78, 5) is 30.3. The summed E-state index contributed by atoms with van der Waals surface area (Å²) in [6.45, 7) is 4.91. The Kier molecular flexibility index (Phi) is 4.43. The third-order valence-corrected chi connectivity index (χ3v) is 2.24. The van der Waals surface area contributed by atoms with Crippen molar-refractivity contribution >= 4 is 34.3 Å². The van der Waals surface area contributed by atoms with E-state index in [0.717, 1.165) is 11.3 Å². The van der Waals surface area contributed by atoms with Gasteiger partial charge in [-0.25, -0.2) is 14.6 Å². The molecule has 0 spiro atoms. The predicted molar refractivity (Wildman–Crippen MR) is 68.0 cm³/mol. The number of thiazole rings is 1. The number of hydrogen-bond donors (Lipinski definition) is 2. The van der Waals surface area contributed by atoms with E-state index >= 15 is 0 Å². The van der Waals surface area contributed by atoms with Crippen molar-refractivity contribution in [3.63, 3.8) is 0 Å². The summed E-state index contributed by atoms with van der Waals surface area (Å²) in [7, 11) is 0. The number of aliphatic carboxylic acids is 1. The van der Waals surface area contributed by atoms with Gasteiger partial charge in [0.1, 0.15) is 11.3 Å². The average molecular weight is 287 g/mol. The molecule has 104 valence electrons. The largest absolute Gasteiger partial charge is 0.535 e. The Labute approximate surface area is 112 Å². The van der Waals surface area contributed by atoms with Crippen molar-refractivity contribution in [3.05, 3.63) is 11.1 Å². The van der Waals surface area contributed by atoms with Gasteiger partial charge < -0.3 is 15.6 Å². The van der Waals surface area contributed by atoms with Gasteiger partial charge in [0.25, 0.3) is 0 Å². The Balaban J connectivity index is 2.81. The van der Waals surface area contributed by atoms with Crippen LogP contribution in [0.3, 0.4) is 0 Å². The van der Waals surface area contributed by atoms with E-state index in [4.69, 9.17) is 15.6 Å². The molecule has 8 nitrogen and oxygen atoms in total. The highest BCUT2D eigenvalue weighted by atomic mass is 32.1. The molecule has 0 aromatic carbocycles. The van der Waals surface area contributed by atoms with Crippen LogP contribution in [0.25, 0.3) is 0 Å². The van der Waals surface area contributed by atoms with E-state index < -0.39 is 23.4 Å². The number of carbonyl (C=O) groups excluding carboxylic acids is 1. The maximum absolute atomic E-state index is 11.2. The van der Waals surface area contributed by atoms with Crippen LogP contribution in [0.15, 0.2) is 10.5 Å². The second-order valence-electron chi connectivity index (χ2n) is 4.37. The molecule has 0 aliphatic rings. The van der Waals surface area contributed by atoms with Crippen LogP contribution in [0.5, 0.6) is 0 Å². The summed E-state index contributed by atoms with van der Waals surface area (Å²) < 4.78 is 4.81. The van der Waals surface area contributed by atoms with Crippen LogP contribution in [0, 0.1) is 0 Å². The first-order chi connectivity index (χ1) is 8.69. The number of anilines is 1. The number of nitrogen functional groups attached to an aromatic ring is 1. The molecule has 9 heteroatoms. The number of nitrogens with zero attached hydrogens (tertiary/aromatic N) is 2. The quantitative estimate of drug-likeness (QED) is 0.373. The van der Waals surface area contributed by atoms with Crippen molar-refractivity contribution in [3.8, 4) is 0 Å². The first-order valence-corrected chi connectivity index (χ1v) is 5.99. The lowest BCUT2D eigenvalue weighted by molar-refractivity contribution is -0.129. The zero-order valence-electron chi connectivity index (χ0n) is 10.5. The van der Waals surface area contributed by atoms with Crippen molar-refractivity contribution in [1.29, 1.82) is 0 Å². The SMILES string of the molecule is CC(C)(C)OC(=O)O/N=C(\C(=O)O)c1csc(N)n1. The molecule has 0 saturated heterocycles. The van der Waals surface area contributed by atoms with Crippen molar-refractivity contribution in [2.45, 2.75) is 26.4 Å². The standard InChI is InChI=1S/C10H13N3O5S/c1-10(2,3)17-9(16)18-13-6(7(14)15)5-4-19-8(11)12-5/h4H,1-3H3,(H2,11,12)(H,14,15)/b13-6-. The normalized spacial score (nSPS) is 12.1. The summed E-state index contributed by atoms with van der Waals surface area (Å²) in [6.07, 6.45) is -1.10. The van der Waals surface area contributed by atoms with Gasteiger partial charge in [0.15, 0.2) is 5.13 Å². The summed E-state index contributed by atoms with van der Waals surface area (Å²) in [5.41, 5.74) is 4.10. The molecule has 0 unspecified atom stereocenters. The van der Waals surface area contributed by atoms with Crippen LogP contribution in [0.2, 0.25) is 0 Å². The number of carboxylic acid groups (broad SMARTS) is 1. The Morgan fingerprint density at radius 3 is 2.53 bits per heavy atom. The summed E-state index contributed by atoms with van der Waals surface area (Å²) in [5.74, 6) is -1.39. The molecule has 1 aromatic rings. The topological polar surface area (TPSA) is 124 Å². The van der Waals surface area contributed by atoms with Crippen LogP contribution in [0.4, 0.5) is 9.93 Å². The lowest BCUT2D eigenvalue weighted by Gasteiger charge is -2.17. The van der Waals surface area contributed by atoms with Crippen LogP contribution in [-0.2, 0) is 14.4 Å². The zero-order chi connectivity index (χ0) is 14.6. The van der Waals surface area contributed by atoms with Crippen LogP contribution < -0.4 is 5.73 Å². The van der Waals surface area contributed by atoms with Crippen LogP contribution in [0.1, 0.15) is 26.5 Å². The molecular weight excluding hydrogens is 274 g/mol. The number of aromatic nitrogens is 1. The van der Waals surface area contributed by atoms with E-state index in [0.29, 0.717) is 0 Å². The second kappa shape index (κ2) is 5.65. The Bertz CT molecular complexity index is 517. The summed E-state index contributed by atoms with van der Waals surface area (Å²) in [5, 5.41) is 13.7. The molecule has 1 rings (SSSR count). The zero-order valence-corrected chi connectivity index (χ0v) is 11.4. The molecule has 0 radical (unpaired) electrons. The highest BCUT2D eigenvalue weighted by Crippen LogP contribution is 2.13. The van der Waals surface area contributed by atoms with E-state index in [-0.39, 0.29) is 10.8 Å². The highest BCUT2D eigenvalue weighted by molar-refractivity contribution is 7.13. The van der Waals surface area contributed by atoms with Gasteiger partial charge in [-0.2, -0.15) is 0 Å². The molecular formula is C10H13N3O5S. The minimum atomic E-state index is -1.39. The van der Waals surface area contributed by atoms with E-state index in [9.17, 15) is 9.59 Å². The van der Waals surface area contributed by atoms with Gasteiger partial charge >= 0.3 is 12.1 Å². The van der Waals surface area contributed by atoms with Crippen molar-refractivity contribution in [2.75, 3.05) is 5.73 Å². The molecule has 0 fully saturated rings. The molecule has 0 aliphatic carbocycles. The van der Waals surface area contributed by atoms with Gasteiger partial charge in [-0.1, -0.05) is 5.16 Å². The number of ether oxygens (including phenoxy) is 1. The van der Waals surface area contributed by atoms with Gasteiger partial charge in [-0.3, -0.25) is 4.84 Å². The minimum absolute atomic E-state index is 0.0126. The van der Waals surface area contributed by atoms with Crippen LogP contribution in [-0.4, -0.2) is 33.5 Å². The summed E-state index contributed by atoms with van der Waals surface area (Å²) in [6, 6.07) is 0. The Morgan fingerprint density at radius 2 is 2.11 bits per heavy atom. The van der Waals surface area contributed by atoms with E-state index in [2.05, 4.69) is 15.0 Å². The first kappa shape index (κ1) is 14.9. The number of carboxylic acids is 1. The fourth-order valence-corrected chi connectivity index (χ4v) is 1.49. The molecule has 0 saturated carbocycles. The van der Waals surface area contributed by atoms with Gasteiger partial charge in [0, 0.05) is 5.38 Å². The molecule has 1 heterocycles. The molecule has 1 aromatic heterocycles. The molecule has 0 bridgehead atoms. The molecule has 3 N–H and O–H groups in total. The van der Waals surface area contributed by atoms with Crippen molar-refractivity contribution in [1.82, 2.24) is 4.98 Å². The maximum Gasteiger partial charge on any atom is 0.535 e. The van der Waals surface area contributed by atoms with Crippen molar-refractivity contribution in [2.24, 2.45) is 5.16 Å². The minimum Gasteiger partial charge on any atom is -0.476 e. The van der Waals surface area contributed by atoms with Gasteiger partial charge in [-0.05, 0) is 20.8 Å². The number of hydrogen-bond acceptors (Lipinski definition) is 8. The first-order valence-electron chi connectivity index (χ1n) is 5.11. The maximum atomic E-state index is 11.2. The number of rotatable bonds is 3. The Morgan fingerprint density at radius 1 is 1.47 bits per heavy atom.